The van der Waals surface area contributed by atoms with Gasteiger partial charge in [0.1, 0.15) is 0 Å². The standard InChI is InChI=1S/C9H16N2O/c12-9(7-8-3-4-8)11-6-2-1-5-10-11/h8,10H,1-7H2. The van der Waals surface area contributed by atoms with Crippen molar-refractivity contribution < 1.29 is 4.79 Å². The van der Waals surface area contributed by atoms with Gasteiger partial charge in [0, 0.05) is 19.5 Å². The topological polar surface area (TPSA) is 32.3 Å². The van der Waals surface area contributed by atoms with Crippen LogP contribution in [0.4, 0.5) is 0 Å². The molecular weight excluding hydrogens is 152 g/mol. The molecule has 1 saturated heterocycles. The van der Waals surface area contributed by atoms with Crippen LogP contribution in [0, 0.1) is 5.92 Å². The summed E-state index contributed by atoms with van der Waals surface area (Å²) >= 11 is 0. The van der Waals surface area contributed by atoms with Crippen LogP contribution in [0.1, 0.15) is 32.1 Å². The predicted octanol–water partition coefficient (Wildman–Crippen LogP) is 0.913. The predicted molar refractivity (Wildman–Crippen MR) is 46.3 cm³/mol. The number of amides is 1. The fourth-order valence-electron chi connectivity index (χ4n) is 1.58. The molecule has 0 aromatic carbocycles. The highest BCUT2D eigenvalue weighted by Gasteiger charge is 2.27. The van der Waals surface area contributed by atoms with Crippen molar-refractivity contribution in [3.05, 3.63) is 0 Å². The third kappa shape index (κ3) is 1.97. The molecule has 1 amide bonds. The van der Waals surface area contributed by atoms with E-state index in [0.29, 0.717) is 11.8 Å². The highest BCUT2D eigenvalue weighted by molar-refractivity contribution is 5.76. The van der Waals surface area contributed by atoms with Crippen molar-refractivity contribution in [2.75, 3.05) is 13.1 Å². The number of carbonyl (C=O) groups is 1. The number of nitrogens with one attached hydrogen (secondary N) is 1. The molecule has 0 aromatic rings. The molecule has 2 aliphatic rings. The van der Waals surface area contributed by atoms with E-state index in [1.54, 1.807) is 0 Å². The largest absolute Gasteiger partial charge is 0.278 e. The van der Waals surface area contributed by atoms with Crippen molar-refractivity contribution >= 4 is 5.91 Å². The van der Waals surface area contributed by atoms with E-state index in [1.807, 2.05) is 5.01 Å². The van der Waals surface area contributed by atoms with Crippen LogP contribution in [0.25, 0.3) is 0 Å². The average Bonchev–Trinajstić information content (AvgIpc) is 2.90. The van der Waals surface area contributed by atoms with Gasteiger partial charge in [-0.1, -0.05) is 0 Å². The molecule has 1 aliphatic carbocycles. The lowest BCUT2D eigenvalue weighted by Crippen LogP contribution is -2.47. The average molecular weight is 168 g/mol. The first-order chi connectivity index (χ1) is 5.86. The Balaban J connectivity index is 1.76. The van der Waals surface area contributed by atoms with Gasteiger partial charge >= 0.3 is 0 Å². The van der Waals surface area contributed by atoms with Crippen molar-refractivity contribution in [3.63, 3.8) is 0 Å². The third-order valence-corrected chi connectivity index (χ3v) is 2.57. The molecule has 0 radical (unpaired) electrons. The molecule has 3 heteroatoms. The monoisotopic (exact) mass is 168 g/mol. The van der Waals surface area contributed by atoms with Crippen molar-refractivity contribution in [2.24, 2.45) is 5.92 Å². The van der Waals surface area contributed by atoms with E-state index < -0.39 is 0 Å². The zero-order valence-corrected chi connectivity index (χ0v) is 7.38. The van der Waals surface area contributed by atoms with Gasteiger partial charge in [0.05, 0.1) is 0 Å². The maximum Gasteiger partial charge on any atom is 0.236 e. The molecule has 1 heterocycles. The Labute approximate surface area is 73.1 Å². The molecule has 68 valence electrons. The summed E-state index contributed by atoms with van der Waals surface area (Å²) in [6, 6.07) is 0. The van der Waals surface area contributed by atoms with Crippen LogP contribution in [-0.4, -0.2) is 24.0 Å². The first-order valence-corrected chi connectivity index (χ1v) is 4.90. The SMILES string of the molecule is O=C(CC1CC1)N1CCCCN1. The molecule has 0 bridgehead atoms. The molecule has 0 unspecified atom stereocenters. The number of nitrogens with zero attached hydrogens (tertiary/aromatic N) is 1. The molecule has 2 fully saturated rings. The van der Waals surface area contributed by atoms with Crippen LogP contribution in [0.2, 0.25) is 0 Å². The molecule has 1 N–H and O–H groups in total. The lowest BCUT2D eigenvalue weighted by Gasteiger charge is -2.27. The van der Waals surface area contributed by atoms with Crippen molar-refractivity contribution in [3.8, 4) is 0 Å². The van der Waals surface area contributed by atoms with E-state index in [0.717, 1.165) is 25.9 Å². The van der Waals surface area contributed by atoms with E-state index in [9.17, 15) is 4.79 Å². The second-order valence-electron chi connectivity index (χ2n) is 3.81. The minimum absolute atomic E-state index is 0.303. The molecule has 0 atom stereocenters. The van der Waals surface area contributed by atoms with E-state index in [1.165, 1.54) is 19.3 Å². The fourth-order valence-corrected chi connectivity index (χ4v) is 1.58. The van der Waals surface area contributed by atoms with E-state index in [2.05, 4.69) is 5.43 Å². The summed E-state index contributed by atoms with van der Waals surface area (Å²) in [5, 5.41) is 1.81. The Morgan fingerprint density at radius 1 is 1.42 bits per heavy atom. The molecule has 3 nitrogen and oxygen atoms in total. The Kier molecular flexibility index (Phi) is 2.30. The lowest BCUT2D eigenvalue weighted by molar-refractivity contribution is -0.135. The summed E-state index contributed by atoms with van der Waals surface area (Å²) in [4.78, 5) is 11.5. The number of carbonyl (C=O) groups excluding carboxylic acids is 1. The number of hydrogen-bond acceptors (Lipinski definition) is 2. The third-order valence-electron chi connectivity index (χ3n) is 2.57. The van der Waals surface area contributed by atoms with Gasteiger partial charge in [-0.2, -0.15) is 0 Å². The molecular formula is C9H16N2O. The van der Waals surface area contributed by atoms with Gasteiger partial charge in [0.15, 0.2) is 0 Å². The summed E-state index contributed by atoms with van der Waals surface area (Å²) < 4.78 is 0. The van der Waals surface area contributed by atoms with Crippen molar-refractivity contribution in [1.29, 1.82) is 0 Å². The quantitative estimate of drug-likeness (QED) is 0.664. The second kappa shape index (κ2) is 3.44. The molecule has 1 aliphatic heterocycles. The fraction of sp³-hybridized carbons (Fsp3) is 0.889. The summed E-state index contributed by atoms with van der Waals surface area (Å²) in [5.74, 6) is 1.01. The summed E-state index contributed by atoms with van der Waals surface area (Å²) in [6.45, 7) is 1.88. The first kappa shape index (κ1) is 8.05. The molecule has 0 spiro atoms. The van der Waals surface area contributed by atoms with Gasteiger partial charge in [0.25, 0.3) is 0 Å². The highest BCUT2D eigenvalue weighted by atomic mass is 16.2. The summed E-state index contributed by atoms with van der Waals surface area (Å²) in [5.41, 5.74) is 3.14. The highest BCUT2D eigenvalue weighted by Crippen LogP contribution is 2.32. The minimum Gasteiger partial charge on any atom is -0.278 e. The number of hydrogen-bond donors (Lipinski definition) is 1. The number of hydrazine groups is 1. The maximum absolute atomic E-state index is 11.5. The first-order valence-electron chi connectivity index (χ1n) is 4.90. The van der Waals surface area contributed by atoms with Crippen molar-refractivity contribution in [1.82, 2.24) is 10.4 Å². The minimum atomic E-state index is 0.303. The van der Waals surface area contributed by atoms with Crippen molar-refractivity contribution in [2.45, 2.75) is 32.1 Å². The maximum atomic E-state index is 11.5. The van der Waals surface area contributed by atoms with Gasteiger partial charge in [-0.15, -0.1) is 0 Å². The Morgan fingerprint density at radius 2 is 2.25 bits per heavy atom. The van der Waals surface area contributed by atoms with E-state index >= 15 is 0 Å². The summed E-state index contributed by atoms with van der Waals surface area (Å²) in [6.07, 6.45) is 5.66. The zero-order chi connectivity index (χ0) is 8.39. The number of rotatable bonds is 2. The Bertz CT molecular complexity index is 171. The van der Waals surface area contributed by atoms with Gasteiger partial charge < -0.3 is 0 Å². The van der Waals surface area contributed by atoms with Crippen LogP contribution >= 0.6 is 0 Å². The smallest absolute Gasteiger partial charge is 0.236 e. The Morgan fingerprint density at radius 3 is 2.83 bits per heavy atom. The van der Waals surface area contributed by atoms with E-state index in [4.69, 9.17) is 0 Å². The van der Waals surface area contributed by atoms with Gasteiger partial charge in [0.2, 0.25) is 5.91 Å². The molecule has 0 aromatic heterocycles. The molecule has 1 saturated carbocycles. The van der Waals surface area contributed by atoms with Crippen LogP contribution in [0.5, 0.6) is 0 Å². The zero-order valence-electron chi connectivity index (χ0n) is 7.38. The van der Waals surface area contributed by atoms with Crippen LogP contribution in [-0.2, 0) is 4.79 Å². The van der Waals surface area contributed by atoms with Gasteiger partial charge in [-0.05, 0) is 31.6 Å². The summed E-state index contributed by atoms with van der Waals surface area (Å²) in [7, 11) is 0. The van der Waals surface area contributed by atoms with Crippen LogP contribution < -0.4 is 5.43 Å². The van der Waals surface area contributed by atoms with Gasteiger partial charge in [-0.25, -0.2) is 5.43 Å². The second-order valence-corrected chi connectivity index (χ2v) is 3.81. The molecule has 2 rings (SSSR count). The molecule has 12 heavy (non-hydrogen) atoms. The van der Waals surface area contributed by atoms with E-state index in [-0.39, 0.29) is 0 Å². The van der Waals surface area contributed by atoms with Crippen LogP contribution in [0.15, 0.2) is 0 Å². The Hall–Kier alpha value is -0.570. The van der Waals surface area contributed by atoms with Crippen LogP contribution in [0.3, 0.4) is 0 Å². The lowest BCUT2D eigenvalue weighted by atomic mass is 10.2. The normalized spacial score (nSPS) is 24.2. The van der Waals surface area contributed by atoms with Gasteiger partial charge in [-0.3, -0.25) is 9.80 Å².